The molecule has 0 radical (unpaired) electrons. The fourth-order valence-electron chi connectivity index (χ4n) is 2.54. The van der Waals surface area contributed by atoms with Gasteiger partial charge in [-0.1, -0.05) is 18.2 Å². The minimum Gasteiger partial charge on any atom is -0.387 e. The molecule has 3 rings (SSSR count). The first-order valence-electron chi connectivity index (χ1n) is 8.49. The first kappa shape index (κ1) is 20.1. The van der Waals surface area contributed by atoms with Crippen molar-refractivity contribution in [1.29, 1.82) is 0 Å². The number of nitrogens with zero attached hydrogens (tertiary/aromatic N) is 1. The zero-order valence-electron chi connectivity index (χ0n) is 14.8. The molecule has 0 aliphatic heterocycles. The molecule has 6 nitrogen and oxygen atoms in total. The van der Waals surface area contributed by atoms with Crippen molar-refractivity contribution in [2.24, 2.45) is 0 Å². The molecule has 3 aromatic rings. The van der Waals surface area contributed by atoms with Crippen LogP contribution < -0.4 is 5.32 Å². The van der Waals surface area contributed by atoms with Crippen LogP contribution >= 0.6 is 23.1 Å². The highest BCUT2D eigenvalue weighted by Gasteiger charge is 2.15. The average molecular weight is 415 g/mol. The van der Waals surface area contributed by atoms with Crippen LogP contribution in [-0.4, -0.2) is 22.5 Å². The number of nitro benzene ring substituents is 1. The van der Waals surface area contributed by atoms with Gasteiger partial charge in [0.15, 0.2) is 0 Å². The Hall–Kier alpha value is -2.68. The lowest BCUT2D eigenvalue weighted by Crippen LogP contribution is -2.28. The second-order valence-electron chi connectivity index (χ2n) is 5.94. The van der Waals surface area contributed by atoms with Crippen LogP contribution in [0.25, 0.3) is 0 Å². The average Bonchev–Trinajstić information content (AvgIpc) is 3.24. The molecule has 1 atom stereocenters. The minimum absolute atomic E-state index is 0.0145. The molecule has 2 N–H and O–H groups in total. The zero-order valence-corrected chi connectivity index (χ0v) is 16.4. The van der Waals surface area contributed by atoms with E-state index >= 15 is 0 Å². The molecule has 0 unspecified atom stereocenters. The van der Waals surface area contributed by atoms with Crippen molar-refractivity contribution >= 4 is 34.7 Å². The molecule has 1 heterocycles. The highest BCUT2D eigenvalue weighted by Crippen LogP contribution is 2.28. The standard InChI is InChI=1S/C20H18N2O4S2/c23-18(14-7-9-15(10-8-14)22(25)26)12-21-20(24)17-5-1-2-6-19(17)28-13-16-4-3-11-27-16/h1-11,18,23H,12-13H2,(H,21,24)/t18-/m0/s1. The Morgan fingerprint density at radius 3 is 2.57 bits per heavy atom. The zero-order chi connectivity index (χ0) is 19.9. The van der Waals surface area contributed by atoms with Crippen LogP contribution in [0.4, 0.5) is 5.69 Å². The maximum Gasteiger partial charge on any atom is 0.269 e. The molecule has 0 saturated heterocycles. The van der Waals surface area contributed by atoms with Gasteiger partial charge >= 0.3 is 0 Å². The van der Waals surface area contributed by atoms with E-state index in [1.807, 2.05) is 23.6 Å². The third kappa shape index (κ3) is 5.19. The molecule has 8 heteroatoms. The van der Waals surface area contributed by atoms with E-state index in [4.69, 9.17) is 0 Å². The fraction of sp³-hybridized carbons (Fsp3) is 0.150. The smallest absolute Gasteiger partial charge is 0.269 e. The number of carbonyl (C=O) groups is 1. The van der Waals surface area contributed by atoms with E-state index in [0.717, 1.165) is 10.6 Å². The first-order valence-corrected chi connectivity index (χ1v) is 10.4. The highest BCUT2D eigenvalue weighted by molar-refractivity contribution is 7.98. The van der Waals surface area contributed by atoms with Gasteiger partial charge in [-0.3, -0.25) is 14.9 Å². The van der Waals surface area contributed by atoms with Crippen molar-refractivity contribution in [3.8, 4) is 0 Å². The number of nitro groups is 1. The second kappa shape index (κ2) is 9.50. The summed E-state index contributed by atoms with van der Waals surface area (Å²) in [7, 11) is 0. The van der Waals surface area contributed by atoms with Crippen LogP contribution in [0.2, 0.25) is 0 Å². The van der Waals surface area contributed by atoms with Crippen LogP contribution in [0.5, 0.6) is 0 Å². The van der Waals surface area contributed by atoms with Crippen LogP contribution in [0.1, 0.15) is 26.9 Å². The van der Waals surface area contributed by atoms with Gasteiger partial charge in [0.25, 0.3) is 11.6 Å². The van der Waals surface area contributed by atoms with E-state index in [1.165, 1.54) is 29.1 Å². The molecule has 0 bridgehead atoms. The van der Waals surface area contributed by atoms with E-state index < -0.39 is 11.0 Å². The third-order valence-corrected chi connectivity index (χ3v) is 6.21. The summed E-state index contributed by atoms with van der Waals surface area (Å²) in [5.74, 6) is 0.517. The lowest BCUT2D eigenvalue weighted by Gasteiger charge is -2.14. The summed E-state index contributed by atoms with van der Waals surface area (Å²) in [6.45, 7) is 0.0145. The summed E-state index contributed by atoms with van der Waals surface area (Å²) in [6, 6.07) is 17.0. The summed E-state index contributed by atoms with van der Waals surface area (Å²) in [5.41, 5.74) is 1.02. The summed E-state index contributed by atoms with van der Waals surface area (Å²) >= 11 is 3.27. The molecule has 1 amide bonds. The van der Waals surface area contributed by atoms with Gasteiger partial charge in [-0.2, -0.15) is 0 Å². The van der Waals surface area contributed by atoms with Crippen molar-refractivity contribution in [2.75, 3.05) is 6.54 Å². The van der Waals surface area contributed by atoms with Gasteiger partial charge in [0.1, 0.15) is 0 Å². The third-order valence-electron chi connectivity index (χ3n) is 4.03. The number of hydrogen-bond acceptors (Lipinski definition) is 6. The Labute approximate surface area is 170 Å². The number of thiophene rings is 1. The summed E-state index contributed by atoms with van der Waals surface area (Å²) in [4.78, 5) is 24.9. The van der Waals surface area contributed by atoms with Crippen molar-refractivity contribution in [1.82, 2.24) is 5.32 Å². The Kier molecular flexibility index (Phi) is 6.80. The number of aliphatic hydroxyl groups is 1. The number of nitrogens with one attached hydrogen (secondary N) is 1. The SMILES string of the molecule is O=C(NC[C@H](O)c1ccc([N+](=O)[O-])cc1)c1ccccc1SCc1cccs1. The predicted octanol–water partition coefficient (Wildman–Crippen LogP) is 4.41. The molecule has 1 aromatic heterocycles. The molecule has 28 heavy (non-hydrogen) atoms. The number of benzene rings is 2. The highest BCUT2D eigenvalue weighted by atomic mass is 32.2. The van der Waals surface area contributed by atoms with Crippen LogP contribution in [0, 0.1) is 10.1 Å². The van der Waals surface area contributed by atoms with Gasteiger partial charge in [0.05, 0.1) is 16.6 Å². The lowest BCUT2D eigenvalue weighted by atomic mass is 10.1. The first-order chi connectivity index (χ1) is 13.5. The number of carbonyl (C=O) groups excluding carboxylic acids is 1. The summed E-state index contributed by atoms with van der Waals surface area (Å²) in [5, 5.41) is 25.7. The Morgan fingerprint density at radius 2 is 1.89 bits per heavy atom. The van der Waals surface area contributed by atoms with Crippen LogP contribution in [-0.2, 0) is 5.75 Å². The molecule has 0 fully saturated rings. The molecule has 0 aliphatic rings. The van der Waals surface area contributed by atoms with Crippen molar-refractivity contribution in [3.05, 3.63) is 92.2 Å². The number of non-ortho nitro benzene ring substituents is 1. The van der Waals surface area contributed by atoms with Crippen molar-refractivity contribution in [3.63, 3.8) is 0 Å². The summed E-state index contributed by atoms with van der Waals surface area (Å²) in [6.07, 6.45) is -0.948. The van der Waals surface area contributed by atoms with E-state index in [2.05, 4.69) is 11.4 Å². The molecular weight excluding hydrogens is 396 g/mol. The predicted molar refractivity (Wildman–Crippen MR) is 111 cm³/mol. The van der Waals surface area contributed by atoms with Crippen molar-refractivity contribution in [2.45, 2.75) is 16.8 Å². The number of amides is 1. The van der Waals surface area contributed by atoms with E-state index in [9.17, 15) is 20.0 Å². The molecule has 0 saturated carbocycles. The molecule has 144 valence electrons. The molecular formula is C20H18N2O4S2. The number of hydrogen-bond donors (Lipinski definition) is 2. The van der Waals surface area contributed by atoms with Gasteiger partial charge in [-0.05, 0) is 41.3 Å². The number of rotatable bonds is 8. The normalized spacial score (nSPS) is 11.8. The minimum atomic E-state index is -0.948. The Morgan fingerprint density at radius 1 is 1.14 bits per heavy atom. The summed E-state index contributed by atoms with van der Waals surface area (Å²) < 4.78 is 0. The lowest BCUT2D eigenvalue weighted by molar-refractivity contribution is -0.384. The van der Waals surface area contributed by atoms with E-state index in [1.54, 1.807) is 35.2 Å². The van der Waals surface area contributed by atoms with Gasteiger partial charge in [-0.15, -0.1) is 23.1 Å². The quantitative estimate of drug-likeness (QED) is 0.324. The largest absolute Gasteiger partial charge is 0.387 e. The molecule has 0 spiro atoms. The second-order valence-corrected chi connectivity index (χ2v) is 7.99. The molecule has 2 aromatic carbocycles. The number of thioether (sulfide) groups is 1. The topological polar surface area (TPSA) is 92.5 Å². The Balaban J connectivity index is 1.60. The maximum absolute atomic E-state index is 12.6. The maximum atomic E-state index is 12.6. The number of aliphatic hydroxyl groups excluding tert-OH is 1. The van der Waals surface area contributed by atoms with Gasteiger partial charge < -0.3 is 10.4 Å². The van der Waals surface area contributed by atoms with Gasteiger partial charge in [0.2, 0.25) is 0 Å². The monoisotopic (exact) mass is 414 g/mol. The van der Waals surface area contributed by atoms with Crippen LogP contribution in [0.15, 0.2) is 70.9 Å². The van der Waals surface area contributed by atoms with Crippen molar-refractivity contribution < 1.29 is 14.8 Å². The fourth-order valence-corrected chi connectivity index (χ4v) is 4.37. The van der Waals surface area contributed by atoms with E-state index in [0.29, 0.717) is 11.1 Å². The van der Waals surface area contributed by atoms with Gasteiger partial charge in [-0.25, -0.2) is 0 Å². The molecule has 0 aliphatic carbocycles. The van der Waals surface area contributed by atoms with E-state index in [-0.39, 0.29) is 18.1 Å². The van der Waals surface area contributed by atoms with Crippen LogP contribution in [0.3, 0.4) is 0 Å². The van der Waals surface area contributed by atoms with Gasteiger partial charge in [0, 0.05) is 34.2 Å². The Bertz CT molecular complexity index is 943.